The largest absolute Gasteiger partial charge is 0.325 e. The van der Waals surface area contributed by atoms with Gasteiger partial charge in [0.05, 0.1) is 4.47 Å². The summed E-state index contributed by atoms with van der Waals surface area (Å²) >= 11 is 3.20. The molecule has 1 saturated heterocycles. The molecule has 0 spiro atoms. The van der Waals surface area contributed by atoms with Crippen molar-refractivity contribution in [2.45, 2.75) is 19.0 Å². The number of halogens is 2. The van der Waals surface area contributed by atoms with Crippen LogP contribution in [0.2, 0.25) is 0 Å². The van der Waals surface area contributed by atoms with Gasteiger partial charge < -0.3 is 5.73 Å². The molecule has 0 amide bonds. The maximum Gasteiger partial charge on any atom is 0.137 e. The summed E-state index contributed by atoms with van der Waals surface area (Å²) in [5, 5.41) is 0. The summed E-state index contributed by atoms with van der Waals surface area (Å²) in [4.78, 5) is 2.28. The zero-order valence-electron chi connectivity index (χ0n) is 8.58. The first-order chi connectivity index (χ1) is 7.08. The molecular formula is C11H14BrFN2. The Balaban J connectivity index is 2.12. The second-order valence-corrected chi connectivity index (χ2v) is 4.92. The van der Waals surface area contributed by atoms with Crippen LogP contribution in [0.15, 0.2) is 22.7 Å². The van der Waals surface area contributed by atoms with Crippen molar-refractivity contribution in [1.82, 2.24) is 4.90 Å². The van der Waals surface area contributed by atoms with Gasteiger partial charge in [0, 0.05) is 25.2 Å². The summed E-state index contributed by atoms with van der Waals surface area (Å²) in [7, 11) is 0. The maximum atomic E-state index is 13.0. The van der Waals surface area contributed by atoms with Crippen LogP contribution in [-0.4, -0.2) is 24.0 Å². The van der Waals surface area contributed by atoms with Gasteiger partial charge in [-0.25, -0.2) is 4.39 Å². The molecule has 15 heavy (non-hydrogen) atoms. The molecule has 82 valence electrons. The first-order valence-electron chi connectivity index (χ1n) is 5.02. The molecule has 4 heteroatoms. The molecule has 0 aromatic heterocycles. The Labute approximate surface area is 97.4 Å². The Kier molecular flexibility index (Phi) is 3.09. The molecule has 2 N–H and O–H groups in total. The van der Waals surface area contributed by atoms with Crippen LogP contribution in [0.4, 0.5) is 4.39 Å². The molecular weight excluding hydrogens is 259 g/mol. The summed E-state index contributed by atoms with van der Waals surface area (Å²) in [6.45, 7) is 3.97. The first kappa shape index (κ1) is 11.0. The molecule has 1 aromatic carbocycles. The highest BCUT2D eigenvalue weighted by Crippen LogP contribution is 2.27. The number of rotatable bonds is 2. The Bertz CT molecular complexity index is 364. The summed E-state index contributed by atoms with van der Waals surface area (Å²) in [5.74, 6) is -0.216. The molecule has 0 saturated carbocycles. The third-order valence-corrected chi connectivity index (χ3v) is 3.52. The summed E-state index contributed by atoms with van der Waals surface area (Å²) in [6, 6.07) is 5.77. The molecule has 1 aromatic rings. The molecule has 2 nitrogen and oxygen atoms in total. The van der Waals surface area contributed by atoms with Gasteiger partial charge >= 0.3 is 0 Å². The molecule has 0 radical (unpaired) electrons. The number of likely N-dealkylation sites (tertiary alicyclic amines) is 1. The van der Waals surface area contributed by atoms with E-state index in [1.165, 1.54) is 6.07 Å². The molecule has 2 rings (SSSR count). The third-order valence-electron chi connectivity index (χ3n) is 2.91. The minimum atomic E-state index is -0.216. The monoisotopic (exact) mass is 272 g/mol. The fourth-order valence-electron chi connectivity index (χ4n) is 1.85. The summed E-state index contributed by atoms with van der Waals surface area (Å²) in [6.07, 6.45) is 0. The van der Waals surface area contributed by atoms with Crippen molar-refractivity contribution in [3.8, 4) is 0 Å². The minimum Gasteiger partial charge on any atom is -0.325 e. The quantitative estimate of drug-likeness (QED) is 0.895. The van der Waals surface area contributed by atoms with Crippen LogP contribution in [-0.2, 0) is 0 Å². The number of hydrogen-bond acceptors (Lipinski definition) is 2. The minimum absolute atomic E-state index is 0.216. The molecule has 1 atom stereocenters. The van der Waals surface area contributed by atoms with E-state index in [0.29, 0.717) is 16.6 Å². The standard InChI is InChI=1S/C11H14BrFN2/c1-7(15-5-9(14)6-15)8-2-3-11(13)10(12)4-8/h2-4,7,9H,5-6,14H2,1H3. The van der Waals surface area contributed by atoms with Crippen molar-refractivity contribution >= 4 is 15.9 Å². The van der Waals surface area contributed by atoms with Crippen molar-refractivity contribution in [3.05, 3.63) is 34.1 Å². The van der Waals surface area contributed by atoms with Gasteiger partial charge in [-0.15, -0.1) is 0 Å². The van der Waals surface area contributed by atoms with E-state index in [-0.39, 0.29) is 5.82 Å². The van der Waals surface area contributed by atoms with Crippen LogP contribution >= 0.6 is 15.9 Å². The van der Waals surface area contributed by atoms with Gasteiger partial charge in [-0.2, -0.15) is 0 Å². The molecule has 0 bridgehead atoms. The van der Waals surface area contributed by atoms with Gasteiger partial charge in [0.2, 0.25) is 0 Å². The van der Waals surface area contributed by atoms with E-state index in [9.17, 15) is 4.39 Å². The van der Waals surface area contributed by atoms with Gasteiger partial charge in [-0.1, -0.05) is 6.07 Å². The molecule has 1 aliphatic rings. The lowest BCUT2D eigenvalue weighted by Crippen LogP contribution is -2.56. The van der Waals surface area contributed by atoms with E-state index < -0.39 is 0 Å². The molecule has 1 fully saturated rings. The van der Waals surface area contributed by atoms with E-state index in [4.69, 9.17) is 5.73 Å². The van der Waals surface area contributed by atoms with E-state index in [2.05, 4.69) is 27.8 Å². The summed E-state index contributed by atoms with van der Waals surface area (Å²) < 4.78 is 13.6. The van der Waals surface area contributed by atoms with Gasteiger partial charge in [-0.3, -0.25) is 4.90 Å². The second kappa shape index (κ2) is 4.20. The predicted octanol–water partition coefficient (Wildman–Crippen LogP) is 2.29. The fraction of sp³-hybridized carbons (Fsp3) is 0.455. The van der Waals surface area contributed by atoms with Crippen molar-refractivity contribution in [2.75, 3.05) is 13.1 Å². The average Bonchev–Trinajstić information content (AvgIpc) is 2.16. The Morgan fingerprint density at radius 1 is 1.53 bits per heavy atom. The fourth-order valence-corrected chi connectivity index (χ4v) is 2.24. The highest BCUT2D eigenvalue weighted by Gasteiger charge is 2.28. The van der Waals surface area contributed by atoms with Crippen LogP contribution in [0.25, 0.3) is 0 Å². The van der Waals surface area contributed by atoms with Crippen LogP contribution < -0.4 is 5.73 Å². The van der Waals surface area contributed by atoms with E-state index in [1.54, 1.807) is 0 Å². The highest BCUT2D eigenvalue weighted by molar-refractivity contribution is 9.10. The predicted molar refractivity (Wildman–Crippen MR) is 62.1 cm³/mol. The van der Waals surface area contributed by atoms with Gasteiger partial charge in [0.25, 0.3) is 0 Å². The SMILES string of the molecule is CC(c1ccc(F)c(Br)c1)N1CC(N)C1. The average molecular weight is 273 g/mol. The van der Waals surface area contributed by atoms with Crippen LogP contribution in [0.3, 0.4) is 0 Å². The van der Waals surface area contributed by atoms with Crippen molar-refractivity contribution in [1.29, 1.82) is 0 Å². The lowest BCUT2D eigenvalue weighted by Gasteiger charge is -2.41. The third kappa shape index (κ3) is 2.22. The van der Waals surface area contributed by atoms with E-state index >= 15 is 0 Å². The van der Waals surface area contributed by atoms with E-state index in [0.717, 1.165) is 18.7 Å². The number of benzene rings is 1. The van der Waals surface area contributed by atoms with Gasteiger partial charge in [-0.05, 0) is 40.5 Å². The van der Waals surface area contributed by atoms with Crippen molar-refractivity contribution in [3.63, 3.8) is 0 Å². The van der Waals surface area contributed by atoms with Crippen LogP contribution in [0, 0.1) is 5.82 Å². The zero-order valence-corrected chi connectivity index (χ0v) is 10.2. The second-order valence-electron chi connectivity index (χ2n) is 4.06. The molecule has 1 heterocycles. The smallest absolute Gasteiger partial charge is 0.137 e. The lowest BCUT2D eigenvalue weighted by atomic mass is 10.0. The summed E-state index contributed by atoms with van der Waals surface area (Å²) in [5.41, 5.74) is 6.85. The molecule has 0 aliphatic carbocycles. The number of nitrogens with two attached hydrogens (primary N) is 1. The normalized spacial score (nSPS) is 20.0. The van der Waals surface area contributed by atoms with Gasteiger partial charge in [0.1, 0.15) is 5.82 Å². The van der Waals surface area contributed by atoms with Crippen molar-refractivity contribution in [2.24, 2.45) is 5.73 Å². The number of nitrogens with zero attached hydrogens (tertiary/aromatic N) is 1. The number of hydrogen-bond donors (Lipinski definition) is 1. The topological polar surface area (TPSA) is 29.3 Å². The van der Waals surface area contributed by atoms with Crippen LogP contribution in [0.5, 0.6) is 0 Å². The van der Waals surface area contributed by atoms with E-state index in [1.807, 2.05) is 12.1 Å². The van der Waals surface area contributed by atoms with Gasteiger partial charge in [0.15, 0.2) is 0 Å². The maximum absolute atomic E-state index is 13.0. The highest BCUT2D eigenvalue weighted by atomic mass is 79.9. The van der Waals surface area contributed by atoms with Crippen LogP contribution in [0.1, 0.15) is 18.5 Å². The Morgan fingerprint density at radius 2 is 2.20 bits per heavy atom. The zero-order chi connectivity index (χ0) is 11.0. The Morgan fingerprint density at radius 3 is 2.73 bits per heavy atom. The molecule has 1 aliphatic heterocycles. The lowest BCUT2D eigenvalue weighted by molar-refractivity contribution is 0.103. The van der Waals surface area contributed by atoms with Crippen molar-refractivity contribution < 1.29 is 4.39 Å². The Hall–Kier alpha value is -0.450. The molecule has 1 unspecified atom stereocenters. The first-order valence-corrected chi connectivity index (χ1v) is 5.82.